The minimum Gasteiger partial charge on any atom is -0.353 e. The average Bonchev–Trinajstić information content (AvgIpc) is 2.82. The predicted octanol–water partition coefficient (Wildman–Crippen LogP) is 5.42. The van der Waals surface area contributed by atoms with E-state index in [1.54, 1.807) is 0 Å². The third-order valence-corrected chi connectivity index (χ3v) is 7.93. The fraction of sp³-hybridized carbons (Fsp3) is 0.519. The van der Waals surface area contributed by atoms with Crippen LogP contribution in [0.15, 0.2) is 46.1 Å². The lowest BCUT2D eigenvalue weighted by Gasteiger charge is -2.33. The second-order valence-electron chi connectivity index (χ2n) is 9.59. The van der Waals surface area contributed by atoms with Crippen LogP contribution in [0, 0.1) is 11.3 Å². The molecular formula is C27H33N3O2S. The zero-order chi connectivity index (χ0) is 23.4. The molecule has 0 unspecified atom stereocenters. The average molecular weight is 464 g/mol. The molecule has 33 heavy (non-hydrogen) atoms. The van der Waals surface area contributed by atoms with Crippen LogP contribution in [-0.2, 0) is 9.59 Å². The first kappa shape index (κ1) is 23.6. The summed E-state index contributed by atoms with van der Waals surface area (Å²) in [5, 5.41) is 17.4. The first-order valence-corrected chi connectivity index (χ1v) is 13.2. The molecular weight excluding hydrogens is 430 g/mol. The summed E-state index contributed by atoms with van der Waals surface area (Å²) >= 11 is 1.38. The second-order valence-corrected chi connectivity index (χ2v) is 10.6. The van der Waals surface area contributed by atoms with Crippen LogP contribution in [0.2, 0.25) is 0 Å². The van der Waals surface area contributed by atoms with Crippen LogP contribution in [0.25, 0.3) is 0 Å². The number of benzene rings is 1. The lowest BCUT2D eigenvalue weighted by Crippen LogP contribution is -2.37. The van der Waals surface area contributed by atoms with Gasteiger partial charge in [0.05, 0.1) is 28.3 Å². The Hall–Kier alpha value is -2.52. The molecule has 1 fully saturated rings. The third-order valence-electron chi connectivity index (χ3n) is 6.92. The normalized spacial score (nSPS) is 21.5. The summed E-state index contributed by atoms with van der Waals surface area (Å²) in [7, 11) is 0. The highest BCUT2D eigenvalue weighted by atomic mass is 32.2. The SMILES string of the molecule is CC(C)c1ccc([C@@H]2C(C#N)=C(SCC(=O)NC3CCCCC3)NC3=C2C(=O)CCC3)cc1. The van der Waals surface area contributed by atoms with Crippen LogP contribution < -0.4 is 10.6 Å². The molecule has 0 radical (unpaired) electrons. The Kier molecular flexibility index (Phi) is 7.60. The van der Waals surface area contributed by atoms with Crippen molar-refractivity contribution in [1.82, 2.24) is 10.6 Å². The fourth-order valence-corrected chi connectivity index (χ4v) is 5.97. The molecule has 5 nitrogen and oxygen atoms in total. The molecule has 2 N–H and O–H groups in total. The topological polar surface area (TPSA) is 82.0 Å². The number of rotatable bonds is 6. The van der Waals surface area contributed by atoms with E-state index in [1.807, 2.05) is 12.1 Å². The van der Waals surface area contributed by atoms with Gasteiger partial charge in [0.1, 0.15) is 0 Å². The van der Waals surface area contributed by atoms with Crippen LogP contribution in [0.1, 0.15) is 88.2 Å². The fourth-order valence-electron chi connectivity index (χ4n) is 5.10. The Morgan fingerprint density at radius 3 is 2.55 bits per heavy atom. The summed E-state index contributed by atoms with van der Waals surface area (Å²) in [6.45, 7) is 4.30. The smallest absolute Gasteiger partial charge is 0.230 e. The first-order chi connectivity index (χ1) is 16.0. The number of hydrogen-bond acceptors (Lipinski definition) is 5. The first-order valence-electron chi connectivity index (χ1n) is 12.2. The van der Waals surface area contributed by atoms with E-state index in [2.05, 4.69) is 42.7 Å². The van der Waals surface area contributed by atoms with Crippen molar-refractivity contribution < 1.29 is 9.59 Å². The van der Waals surface area contributed by atoms with Crippen molar-refractivity contribution in [1.29, 1.82) is 5.26 Å². The number of nitrogens with zero attached hydrogens (tertiary/aromatic N) is 1. The number of carbonyl (C=O) groups excluding carboxylic acids is 2. The van der Waals surface area contributed by atoms with E-state index in [1.165, 1.54) is 36.6 Å². The number of Topliss-reactive ketones (excluding diaryl/α,β-unsaturated/α-hetero) is 1. The lowest BCUT2D eigenvalue weighted by atomic mass is 9.76. The van der Waals surface area contributed by atoms with Crippen LogP contribution in [-0.4, -0.2) is 23.5 Å². The number of thioether (sulfide) groups is 1. The summed E-state index contributed by atoms with van der Waals surface area (Å²) in [6.07, 6.45) is 7.81. The maximum absolute atomic E-state index is 12.9. The van der Waals surface area contributed by atoms with Crippen molar-refractivity contribution in [3.05, 3.63) is 57.3 Å². The van der Waals surface area contributed by atoms with Crippen LogP contribution in [0.5, 0.6) is 0 Å². The highest BCUT2D eigenvalue weighted by Crippen LogP contribution is 2.44. The number of hydrogen-bond donors (Lipinski definition) is 2. The third kappa shape index (κ3) is 5.35. The summed E-state index contributed by atoms with van der Waals surface area (Å²) < 4.78 is 0. The zero-order valence-electron chi connectivity index (χ0n) is 19.6. The number of nitrogens with one attached hydrogen (secondary N) is 2. The van der Waals surface area contributed by atoms with E-state index in [-0.39, 0.29) is 29.4 Å². The molecule has 2 aliphatic carbocycles. The molecule has 4 rings (SSSR count). The van der Waals surface area contributed by atoms with Crippen LogP contribution >= 0.6 is 11.8 Å². The van der Waals surface area contributed by atoms with Gasteiger partial charge in [-0.25, -0.2) is 0 Å². The van der Waals surface area contributed by atoms with Gasteiger partial charge in [-0.05, 0) is 42.7 Å². The molecule has 0 aromatic heterocycles. The molecule has 1 aromatic carbocycles. The molecule has 1 heterocycles. The van der Waals surface area contributed by atoms with E-state index in [4.69, 9.17) is 0 Å². The van der Waals surface area contributed by atoms with Gasteiger partial charge in [0.15, 0.2) is 5.78 Å². The summed E-state index contributed by atoms with van der Waals surface area (Å²) in [5.41, 5.74) is 4.37. The molecule has 6 heteroatoms. The highest BCUT2D eigenvalue weighted by molar-refractivity contribution is 8.03. The van der Waals surface area contributed by atoms with E-state index in [0.29, 0.717) is 22.9 Å². The number of allylic oxidation sites excluding steroid dienone is 3. The Labute approximate surface area is 201 Å². The Morgan fingerprint density at radius 1 is 1.15 bits per heavy atom. The Morgan fingerprint density at radius 2 is 1.88 bits per heavy atom. The molecule has 174 valence electrons. The van der Waals surface area contributed by atoms with Crippen molar-refractivity contribution in [2.75, 3.05) is 5.75 Å². The second kappa shape index (κ2) is 10.6. The number of carbonyl (C=O) groups is 2. The highest BCUT2D eigenvalue weighted by Gasteiger charge is 2.37. The Balaban J connectivity index is 1.59. The molecule has 1 saturated carbocycles. The van der Waals surface area contributed by atoms with Gasteiger partial charge in [-0.2, -0.15) is 5.26 Å². The van der Waals surface area contributed by atoms with Gasteiger partial charge in [-0.3, -0.25) is 9.59 Å². The minimum absolute atomic E-state index is 0.0100. The monoisotopic (exact) mass is 463 g/mol. The summed E-state index contributed by atoms with van der Waals surface area (Å²) in [6, 6.07) is 10.9. The molecule has 0 spiro atoms. The molecule has 1 atom stereocenters. The van der Waals surface area contributed by atoms with Gasteiger partial charge in [0.25, 0.3) is 0 Å². The number of nitriles is 1. The molecule has 1 aliphatic heterocycles. The summed E-state index contributed by atoms with van der Waals surface area (Å²) in [4.78, 5) is 25.5. The largest absolute Gasteiger partial charge is 0.353 e. The maximum Gasteiger partial charge on any atom is 0.230 e. The molecule has 1 amide bonds. The van der Waals surface area contributed by atoms with Gasteiger partial charge in [0, 0.05) is 23.7 Å². The van der Waals surface area contributed by atoms with Crippen molar-refractivity contribution in [3.8, 4) is 6.07 Å². The molecule has 0 saturated heterocycles. The van der Waals surface area contributed by atoms with Crippen molar-refractivity contribution in [2.24, 2.45) is 0 Å². The van der Waals surface area contributed by atoms with Gasteiger partial charge < -0.3 is 10.6 Å². The van der Waals surface area contributed by atoms with Crippen molar-refractivity contribution >= 4 is 23.5 Å². The van der Waals surface area contributed by atoms with Crippen molar-refractivity contribution in [2.45, 2.75) is 83.1 Å². The predicted molar refractivity (Wildman–Crippen MR) is 132 cm³/mol. The Bertz CT molecular complexity index is 1010. The van der Waals surface area contributed by atoms with E-state index < -0.39 is 0 Å². The quantitative estimate of drug-likeness (QED) is 0.589. The standard InChI is InChI=1S/C27H33N3O2S/c1-17(2)18-11-13-19(14-12-18)25-21(15-28)27(30-22-9-6-10-23(31)26(22)25)33-16-24(32)29-20-7-4-3-5-8-20/h11-14,17,20,25,30H,3-10,16H2,1-2H3,(H,29,32)/t25-/m1/s1. The summed E-state index contributed by atoms with van der Waals surface area (Å²) in [5.74, 6) is 0.436. The number of dihydropyridines is 1. The van der Waals surface area contributed by atoms with Crippen LogP contribution in [0.3, 0.4) is 0 Å². The lowest BCUT2D eigenvalue weighted by molar-refractivity contribution is -0.119. The van der Waals surface area contributed by atoms with Gasteiger partial charge in [-0.15, -0.1) is 0 Å². The van der Waals surface area contributed by atoms with E-state index in [0.717, 1.165) is 42.5 Å². The number of ketones is 1. The van der Waals surface area contributed by atoms with Crippen molar-refractivity contribution in [3.63, 3.8) is 0 Å². The van der Waals surface area contributed by atoms with Gasteiger partial charge >= 0.3 is 0 Å². The number of amides is 1. The van der Waals surface area contributed by atoms with Crippen LogP contribution in [0.4, 0.5) is 0 Å². The van der Waals surface area contributed by atoms with Gasteiger partial charge in [0.2, 0.25) is 5.91 Å². The maximum atomic E-state index is 12.9. The molecule has 3 aliphatic rings. The van der Waals surface area contributed by atoms with E-state index in [9.17, 15) is 14.9 Å². The van der Waals surface area contributed by atoms with E-state index >= 15 is 0 Å². The van der Waals surface area contributed by atoms with Gasteiger partial charge in [-0.1, -0.05) is 69.1 Å². The zero-order valence-corrected chi connectivity index (χ0v) is 20.4. The molecule has 0 bridgehead atoms. The molecule has 1 aromatic rings. The minimum atomic E-state index is -0.371.